The van der Waals surface area contributed by atoms with Gasteiger partial charge in [-0.2, -0.15) is 0 Å². The standard InChI is InChI=1S/C9H18O.C8H16O.C7H14O.C7H12O.C7H14.C6H12O.C6H10O.C5H10/c1-8(2)5-6-10-7-9(8,3)4;1-7(2)5-6-9-8(7,3)4;2*1-6-3-4-8-5-7(6)2;1-6(2)5-7(6,3)4;2*1-5-3-4-7-6(5)2;1-4-3-5(4)2/h5-7H2,1-4H3;5-6H2,1-4H3;6-7H,3-5H2,1-2H3;3-5H2,1-2H3;5H2,1-4H3;5-6H,3-4H2,1-2H3;3-4H2,1-2H3;4-5H,3H2,1-2H3. The fourth-order valence-corrected chi connectivity index (χ4v) is 7.08. The van der Waals surface area contributed by atoms with Crippen LogP contribution in [0.15, 0.2) is 22.5 Å². The summed E-state index contributed by atoms with van der Waals surface area (Å²) in [6.07, 6.45) is 10.5. The van der Waals surface area contributed by atoms with Crippen LogP contribution in [0.4, 0.5) is 0 Å². The Morgan fingerprint density at radius 1 is 0.459 bits per heavy atom. The summed E-state index contributed by atoms with van der Waals surface area (Å²) in [6, 6.07) is 0. The molecule has 6 aliphatic heterocycles. The second-order valence-electron chi connectivity index (χ2n) is 24.2. The van der Waals surface area contributed by atoms with E-state index < -0.39 is 0 Å². The van der Waals surface area contributed by atoms with Crippen molar-refractivity contribution < 1.29 is 28.4 Å². The molecule has 0 aromatic rings. The van der Waals surface area contributed by atoms with Gasteiger partial charge in [0.15, 0.2) is 0 Å². The van der Waals surface area contributed by atoms with Crippen LogP contribution >= 0.6 is 0 Å². The molecule has 0 aromatic heterocycles. The van der Waals surface area contributed by atoms with Crippen molar-refractivity contribution in [2.24, 2.45) is 56.7 Å². The minimum Gasteiger partial charge on any atom is -0.498 e. The zero-order chi connectivity index (χ0) is 47.0. The van der Waals surface area contributed by atoms with E-state index in [1.165, 1.54) is 55.2 Å². The van der Waals surface area contributed by atoms with E-state index in [1.807, 2.05) is 6.92 Å². The van der Waals surface area contributed by atoms with Crippen molar-refractivity contribution >= 4 is 0 Å². The lowest BCUT2D eigenvalue weighted by molar-refractivity contribution is -0.0749. The van der Waals surface area contributed by atoms with Gasteiger partial charge in [-0.15, -0.1) is 0 Å². The van der Waals surface area contributed by atoms with Crippen LogP contribution in [0, 0.1) is 56.7 Å². The molecule has 0 N–H and O–H groups in total. The van der Waals surface area contributed by atoms with Crippen LogP contribution in [0.1, 0.15) is 204 Å². The van der Waals surface area contributed by atoms with Gasteiger partial charge in [0.2, 0.25) is 0 Å². The number of rotatable bonds is 0. The SMILES string of the molecule is CC1(C)CC1(C)C.CC1(C)CCOC1(C)C.CC1(C)CCOCC1(C)C.CC1=C(C)COCC1.CC1=C(C)OCC1.CC1CC1C.CC1CCOC1C.CC1CCOCC1C. The molecule has 6 heteroatoms. The van der Waals surface area contributed by atoms with E-state index in [1.54, 1.807) is 0 Å². The highest BCUT2D eigenvalue weighted by atomic mass is 16.5. The molecule has 2 aliphatic carbocycles. The van der Waals surface area contributed by atoms with Crippen molar-refractivity contribution in [1.29, 1.82) is 0 Å². The molecule has 2 saturated carbocycles. The molecule has 0 amide bonds. The minimum absolute atomic E-state index is 0.0903. The number of allylic oxidation sites excluding steroid dienone is 1. The minimum atomic E-state index is 0.0903. The van der Waals surface area contributed by atoms with Crippen molar-refractivity contribution in [2.45, 2.75) is 215 Å². The molecule has 4 saturated heterocycles. The van der Waals surface area contributed by atoms with Gasteiger partial charge in [0.25, 0.3) is 0 Å². The van der Waals surface area contributed by atoms with Crippen molar-refractivity contribution in [2.75, 3.05) is 59.5 Å². The van der Waals surface area contributed by atoms with Crippen LogP contribution in [0.2, 0.25) is 0 Å². The summed E-state index contributed by atoms with van der Waals surface area (Å²) in [7, 11) is 0. The van der Waals surface area contributed by atoms with Gasteiger partial charge in [0.05, 0.1) is 43.9 Å². The molecular weight excluding hydrogens is 757 g/mol. The first-order valence-corrected chi connectivity index (χ1v) is 24.8. The van der Waals surface area contributed by atoms with Crippen LogP contribution in [0.3, 0.4) is 0 Å². The normalized spacial score (nSPS) is 32.4. The average Bonchev–Trinajstić information content (AvgIpc) is 3.64. The van der Waals surface area contributed by atoms with E-state index in [4.69, 9.17) is 28.4 Å². The molecule has 6 atom stereocenters. The van der Waals surface area contributed by atoms with Crippen molar-refractivity contribution in [1.82, 2.24) is 0 Å². The molecule has 0 radical (unpaired) electrons. The zero-order valence-corrected chi connectivity index (χ0v) is 44.9. The second-order valence-corrected chi connectivity index (χ2v) is 24.2. The Balaban J connectivity index is 0.000000351. The van der Waals surface area contributed by atoms with Gasteiger partial charge in [-0.05, 0) is 161 Å². The molecule has 6 unspecified atom stereocenters. The van der Waals surface area contributed by atoms with Crippen LogP contribution < -0.4 is 0 Å². The Labute approximate surface area is 381 Å². The fourth-order valence-electron chi connectivity index (χ4n) is 7.08. The topological polar surface area (TPSA) is 55.4 Å². The van der Waals surface area contributed by atoms with E-state index in [9.17, 15) is 0 Å². The van der Waals surface area contributed by atoms with Crippen LogP contribution in [-0.4, -0.2) is 71.2 Å². The third-order valence-electron chi connectivity index (χ3n) is 17.0. The van der Waals surface area contributed by atoms with Gasteiger partial charge in [-0.3, -0.25) is 0 Å². The predicted octanol–water partition coefficient (Wildman–Crippen LogP) is 15.3. The van der Waals surface area contributed by atoms with Gasteiger partial charge in [-0.1, -0.05) is 109 Å². The van der Waals surface area contributed by atoms with E-state index >= 15 is 0 Å². The highest BCUT2D eigenvalue weighted by molar-refractivity contribution is 5.11. The molecule has 0 aromatic carbocycles. The van der Waals surface area contributed by atoms with Gasteiger partial charge in [0.1, 0.15) is 0 Å². The van der Waals surface area contributed by atoms with Gasteiger partial charge >= 0.3 is 0 Å². The Kier molecular flexibility index (Phi) is 24.5. The summed E-state index contributed by atoms with van der Waals surface area (Å²) in [5, 5.41) is 0. The molecule has 6 nitrogen and oxygen atoms in total. The number of hydrogen-bond acceptors (Lipinski definition) is 6. The third-order valence-corrected chi connectivity index (χ3v) is 17.0. The monoisotopic (exact) mass is 863 g/mol. The zero-order valence-electron chi connectivity index (χ0n) is 44.9. The summed E-state index contributed by atoms with van der Waals surface area (Å²) in [4.78, 5) is 0. The predicted molar refractivity (Wildman–Crippen MR) is 262 cm³/mol. The lowest BCUT2D eigenvalue weighted by atomic mass is 9.65. The smallest absolute Gasteiger partial charge is 0.0919 e. The first kappa shape index (κ1) is 58.1. The lowest BCUT2D eigenvalue weighted by Gasteiger charge is -2.45. The lowest BCUT2D eigenvalue weighted by Crippen LogP contribution is -2.41. The quantitative estimate of drug-likeness (QED) is 0.226. The molecule has 362 valence electrons. The van der Waals surface area contributed by atoms with E-state index in [2.05, 4.69) is 145 Å². The number of ether oxygens (including phenoxy) is 6. The van der Waals surface area contributed by atoms with Gasteiger partial charge in [-0.25, -0.2) is 0 Å². The maximum atomic E-state index is 5.56. The van der Waals surface area contributed by atoms with Gasteiger partial charge in [0, 0.05) is 39.5 Å². The molecule has 0 spiro atoms. The van der Waals surface area contributed by atoms with E-state index in [0.29, 0.717) is 33.2 Å². The molecule has 8 rings (SSSR count). The summed E-state index contributed by atoms with van der Waals surface area (Å²) < 4.78 is 31.8. The number of hydrogen-bond donors (Lipinski definition) is 0. The van der Waals surface area contributed by atoms with Crippen molar-refractivity contribution in [3.05, 3.63) is 22.5 Å². The maximum absolute atomic E-state index is 5.56. The highest BCUT2D eigenvalue weighted by Gasteiger charge is 2.53. The summed E-state index contributed by atoms with van der Waals surface area (Å²) >= 11 is 0. The van der Waals surface area contributed by atoms with Crippen molar-refractivity contribution in [3.8, 4) is 0 Å². The molecule has 8 aliphatic rings. The fraction of sp³-hybridized carbons (Fsp3) is 0.927. The first-order valence-electron chi connectivity index (χ1n) is 24.8. The third kappa shape index (κ3) is 21.3. The average molecular weight is 863 g/mol. The molecule has 61 heavy (non-hydrogen) atoms. The Morgan fingerprint density at radius 2 is 0.984 bits per heavy atom. The Morgan fingerprint density at radius 3 is 1.18 bits per heavy atom. The van der Waals surface area contributed by atoms with E-state index in [0.717, 1.165) is 108 Å². The van der Waals surface area contributed by atoms with Crippen LogP contribution in [0.5, 0.6) is 0 Å². The molecular formula is C55H106O6. The van der Waals surface area contributed by atoms with Gasteiger partial charge < -0.3 is 28.4 Å². The molecule has 0 bridgehead atoms. The first-order chi connectivity index (χ1) is 27.9. The summed E-state index contributed by atoms with van der Waals surface area (Å²) in [5.74, 6) is 5.68. The Bertz CT molecular complexity index is 1210. The highest BCUT2D eigenvalue weighted by Crippen LogP contribution is 2.62. The summed E-state index contributed by atoms with van der Waals surface area (Å²) in [5.41, 5.74) is 6.88. The second kappa shape index (κ2) is 25.7. The summed E-state index contributed by atoms with van der Waals surface area (Å²) in [6.45, 7) is 57.7. The maximum Gasteiger partial charge on any atom is 0.0919 e. The van der Waals surface area contributed by atoms with Crippen LogP contribution in [0.25, 0.3) is 0 Å². The van der Waals surface area contributed by atoms with E-state index in [-0.39, 0.29) is 5.60 Å². The Hall–Kier alpha value is -0.920. The molecule has 6 fully saturated rings. The van der Waals surface area contributed by atoms with Crippen molar-refractivity contribution in [3.63, 3.8) is 0 Å². The van der Waals surface area contributed by atoms with Crippen LogP contribution in [-0.2, 0) is 28.4 Å². The largest absolute Gasteiger partial charge is 0.498 e. The molecule has 6 heterocycles.